The second kappa shape index (κ2) is 9.54. The van der Waals surface area contributed by atoms with Crippen LogP contribution in [-0.2, 0) is 11.3 Å². The molecule has 28 heavy (non-hydrogen) atoms. The van der Waals surface area contributed by atoms with E-state index in [0.717, 1.165) is 6.42 Å². The highest BCUT2D eigenvalue weighted by molar-refractivity contribution is 7.99. The monoisotopic (exact) mass is 404 g/mol. The average molecular weight is 405 g/mol. The van der Waals surface area contributed by atoms with Crippen LogP contribution < -0.4 is 5.32 Å². The van der Waals surface area contributed by atoms with Gasteiger partial charge >= 0.3 is 0 Å². The molecule has 0 saturated heterocycles. The van der Waals surface area contributed by atoms with Gasteiger partial charge in [-0.1, -0.05) is 57.5 Å². The number of carbonyl (C=O) groups excluding carboxylic acids is 1. The number of nitrogens with zero attached hydrogens (tertiary/aromatic N) is 3. The third-order valence-corrected chi connectivity index (χ3v) is 6.14. The van der Waals surface area contributed by atoms with Gasteiger partial charge in [0.05, 0.1) is 11.3 Å². The molecule has 1 fully saturated rings. The first kappa shape index (κ1) is 20.8. The number of benzene rings is 1. The van der Waals surface area contributed by atoms with Gasteiger partial charge in [0.2, 0.25) is 5.91 Å². The molecule has 1 N–H and O–H groups in total. The highest BCUT2D eigenvalue weighted by Gasteiger charge is 2.23. The first-order chi connectivity index (χ1) is 13.5. The number of aromatic nitrogens is 3. The van der Waals surface area contributed by atoms with Gasteiger partial charge in [-0.15, -0.1) is 10.2 Å². The van der Waals surface area contributed by atoms with Gasteiger partial charge in [0.15, 0.2) is 11.0 Å². The SMILES string of the molecule is CC(C)Cn1c(SCC(=O)N[C@H]2CCCC[C@H]2C)nnc1-c1ccccc1F. The van der Waals surface area contributed by atoms with Crippen molar-refractivity contribution >= 4 is 17.7 Å². The lowest BCUT2D eigenvalue weighted by Gasteiger charge is -2.29. The first-order valence-electron chi connectivity index (χ1n) is 10.1. The van der Waals surface area contributed by atoms with Crippen molar-refractivity contribution in [3.05, 3.63) is 30.1 Å². The average Bonchev–Trinajstić information content (AvgIpc) is 3.04. The summed E-state index contributed by atoms with van der Waals surface area (Å²) in [5.41, 5.74) is 0.433. The van der Waals surface area contributed by atoms with E-state index in [1.807, 2.05) is 4.57 Å². The Morgan fingerprint density at radius 1 is 1.29 bits per heavy atom. The molecule has 7 heteroatoms. The lowest BCUT2D eigenvalue weighted by molar-refractivity contribution is -0.119. The lowest BCUT2D eigenvalue weighted by Crippen LogP contribution is -2.41. The van der Waals surface area contributed by atoms with Crippen LogP contribution in [0, 0.1) is 17.7 Å². The van der Waals surface area contributed by atoms with Crippen LogP contribution in [0.1, 0.15) is 46.5 Å². The van der Waals surface area contributed by atoms with Crippen LogP contribution in [0.3, 0.4) is 0 Å². The summed E-state index contributed by atoms with van der Waals surface area (Å²) < 4.78 is 16.2. The Hall–Kier alpha value is -1.89. The van der Waals surface area contributed by atoms with Crippen molar-refractivity contribution < 1.29 is 9.18 Å². The van der Waals surface area contributed by atoms with Crippen molar-refractivity contribution in [2.24, 2.45) is 11.8 Å². The number of halogens is 1. The van der Waals surface area contributed by atoms with Gasteiger partial charge in [0.25, 0.3) is 0 Å². The Labute approximate surface area is 170 Å². The van der Waals surface area contributed by atoms with Crippen LogP contribution in [0.15, 0.2) is 29.4 Å². The summed E-state index contributed by atoms with van der Waals surface area (Å²) in [5, 5.41) is 12.3. The predicted molar refractivity (Wildman–Crippen MR) is 111 cm³/mol. The smallest absolute Gasteiger partial charge is 0.230 e. The number of amides is 1. The fourth-order valence-corrected chi connectivity index (χ4v) is 4.44. The zero-order valence-corrected chi connectivity index (χ0v) is 17.6. The van der Waals surface area contributed by atoms with Gasteiger partial charge in [-0.3, -0.25) is 4.79 Å². The van der Waals surface area contributed by atoms with Crippen molar-refractivity contribution in [3.8, 4) is 11.4 Å². The van der Waals surface area contributed by atoms with E-state index in [0.29, 0.717) is 34.9 Å². The summed E-state index contributed by atoms with van der Waals surface area (Å²) in [7, 11) is 0. The van der Waals surface area contributed by atoms with Crippen molar-refractivity contribution in [2.45, 2.75) is 64.2 Å². The third-order valence-electron chi connectivity index (χ3n) is 5.17. The second-order valence-electron chi connectivity index (χ2n) is 8.01. The molecule has 3 rings (SSSR count). The second-order valence-corrected chi connectivity index (χ2v) is 8.96. The van der Waals surface area contributed by atoms with Gasteiger partial charge in [-0.05, 0) is 36.8 Å². The summed E-state index contributed by atoms with van der Waals surface area (Å²) in [4.78, 5) is 12.4. The van der Waals surface area contributed by atoms with Gasteiger partial charge in [0.1, 0.15) is 5.82 Å². The molecule has 0 radical (unpaired) electrons. The zero-order chi connectivity index (χ0) is 20.1. The minimum atomic E-state index is -0.319. The lowest BCUT2D eigenvalue weighted by atomic mass is 9.86. The molecule has 1 aromatic heterocycles. The molecule has 152 valence electrons. The molecule has 1 saturated carbocycles. The van der Waals surface area contributed by atoms with E-state index < -0.39 is 0 Å². The molecule has 0 aliphatic heterocycles. The van der Waals surface area contributed by atoms with Gasteiger partial charge in [-0.2, -0.15) is 0 Å². The normalized spacial score (nSPS) is 19.8. The Bertz CT molecular complexity index is 807. The molecular formula is C21H29FN4OS. The fourth-order valence-electron chi connectivity index (χ4n) is 3.68. The Morgan fingerprint density at radius 3 is 2.75 bits per heavy atom. The quantitative estimate of drug-likeness (QED) is 0.689. The van der Waals surface area contributed by atoms with E-state index in [1.165, 1.54) is 37.1 Å². The minimum Gasteiger partial charge on any atom is -0.352 e. The predicted octanol–water partition coefficient (Wildman–Crippen LogP) is 4.53. The van der Waals surface area contributed by atoms with Gasteiger partial charge < -0.3 is 9.88 Å². The molecular weight excluding hydrogens is 375 g/mol. The topological polar surface area (TPSA) is 59.8 Å². The van der Waals surface area contributed by atoms with Crippen LogP contribution in [-0.4, -0.2) is 32.5 Å². The highest BCUT2D eigenvalue weighted by atomic mass is 32.2. The number of carbonyl (C=O) groups is 1. The Morgan fingerprint density at radius 2 is 2.04 bits per heavy atom. The van der Waals surface area contributed by atoms with Crippen molar-refractivity contribution in [3.63, 3.8) is 0 Å². The number of hydrogen-bond acceptors (Lipinski definition) is 4. The van der Waals surface area contributed by atoms with Crippen LogP contribution in [0.4, 0.5) is 4.39 Å². The third kappa shape index (κ3) is 5.13. The molecule has 1 aliphatic carbocycles. The zero-order valence-electron chi connectivity index (χ0n) is 16.8. The van der Waals surface area contributed by atoms with E-state index in [9.17, 15) is 9.18 Å². The maximum absolute atomic E-state index is 14.3. The Kier molecular flexibility index (Phi) is 7.10. The first-order valence-corrected chi connectivity index (χ1v) is 11.0. The molecule has 1 aliphatic rings. The Balaban J connectivity index is 1.71. The van der Waals surface area contributed by atoms with E-state index in [-0.39, 0.29) is 23.5 Å². The molecule has 2 aromatic rings. The van der Waals surface area contributed by atoms with Crippen LogP contribution in [0.25, 0.3) is 11.4 Å². The molecule has 1 heterocycles. The number of nitrogens with one attached hydrogen (secondary N) is 1. The largest absolute Gasteiger partial charge is 0.352 e. The van der Waals surface area contributed by atoms with Gasteiger partial charge in [0, 0.05) is 12.6 Å². The molecule has 0 bridgehead atoms. The fraction of sp³-hybridized carbons (Fsp3) is 0.571. The molecule has 1 aromatic carbocycles. The summed E-state index contributed by atoms with van der Waals surface area (Å²) in [6, 6.07) is 6.86. The van der Waals surface area contributed by atoms with E-state index >= 15 is 0 Å². The van der Waals surface area contributed by atoms with Crippen molar-refractivity contribution in [1.29, 1.82) is 0 Å². The van der Waals surface area contributed by atoms with E-state index in [2.05, 4.69) is 36.3 Å². The van der Waals surface area contributed by atoms with E-state index in [4.69, 9.17) is 0 Å². The molecule has 0 spiro atoms. The maximum Gasteiger partial charge on any atom is 0.230 e. The minimum absolute atomic E-state index is 0.0234. The van der Waals surface area contributed by atoms with Crippen LogP contribution in [0.2, 0.25) is 0 Å². The van der Waals surface area contributed by atoms with Crippen LogP contribution in [0.5, 0.6) is 0 Å². The van der Waals surface area contributed by atoms with Crippen LogP contribution >= 0.6 is 11.8 Å². The summed E-state index contributed by atoms with van der Waals surface area (Å²) in [5.74, 6) is 1.38. The standard InChI is InChI=1S/C21H29FN4OS/c1-14(2)12-26-20(16-9-5-6-10-17(16)22)24-25-21(26)28-13-19(27)23-18-11-7-4-8-15(18)3/h5-6,9-10,14-15,18H,4,7-8,11-13H2,1-3H3,(H,23,27)/t15-,18+/m1/s1. The molecule has 2 atom stereocenters. The number of thioether (sulfide) groups is 1. The molecule has 1 amide bonds. The van der Waals surface area contributed by atoms with Gasteiger partial charge in [-0.25, -0.2) is 4.39 Å². The number of rotatable bonds is 7. The van der Waals surface area contributed by atoms with Crippen molar-refractivity contribution in [1.82, 2.24) is 20.1 Å². The van der Waals surface area contributed by atoms with Crippen molar-refractivity contribution in [2.75, 3.05) is 5.75 Å². The summed E-state index contributed by atoms with van der Waals surface area (Å²) in [6.45, 7) is 7.06. The summed E-state index contributed by atoms with van der Waals surface area (Å²) >= 11 is 1.36. The van der Waals surface area contributed by atoms with E-state index in [1.54, 1.807) is 18.2 Å². The highest BCUT2D eigenvalue weighted by Crippen LogP contribution is 2.27. The number of hydrogen-bond donors (Lipinski definition) is 1. The maximum atomic E-state index is 14.3. The summed E-state index contributed by atoms with van der Waals surface area (Å²) in [6.07, 6.45) is 4.65. The molecule has 5 nitrogen and oxygen atoms in total. The molecule has 0 unspecified atom stereocenters.